The number of carbonyl (C=O) groups is 1. The molecule has 1 saturated heterocycles. The molecule has 1 aliphatic heterocycles. The van der Waals surface area contributed by atoms with E-state index in [4.69, 9.17) is 0 Å². The summed E-state index contributed by atoms with van der Waals surface area (Å²) < 4.78 is 38.0. The first-order chi connectivity index (χ1) is 13.3. The van der Waals surface area contributed by atoms with Gasteiger partial charge in [-0.1, -0.05) is 12.1 Å². The van der Waals surface area contributed by atoms with Crippen LogP contribution in [0.15, 0.2) is 42.6 Å². The topological polar surface area (TPSA) is 52.2 Å². The van der Waals surface area contributed by atoms with Gasteiger partial charge in [0.25, 0.3) is 5.91 Å². The van der Waals surface area contributed by atoms with E-state index >= 15 is 0 Å². The van der Waals surface area contributed by atoms with Crippen LogP contribution >= 0.6 is 0 Å². The Balaban J connectivity index is 1.42. The normalized spacial score (nSPS) is 15.3. The van der Waals surface area contributed by atoms with Crippen molar-refractivity contribution in [3.05, 3.63) is 59.4 Å². The third-order valence-corrected chi connectivity index (χ3v) is 4.97. The monoisotopic (exact) mass is 388 g/mol. The Morgan fingerprint density at radius 2 is 1.82 bits per heavy atom. The third-order valence-electron chi connectivity index (χ3n) is 4.97. The van der Waals surface area contributed by atoms with Gasteiger partial charge in [-0.15, -0.1) is 0 Å². The van der Waals surface area contributed by atoms with Crippen LogP contribution in [0.4, 0.5) is 19.0 Å². The molecule has 0 radical (unpaired) electrons. The molecule has 0 spiro atoms. The fraction of sp³-hybridized carbons (Fsp3) is 0.300. The molecule has 3 heterocycles. The van der Waals surface area contributed by atoms with Crippen LogP contribution in [0.25, 0.3) is 10.9 Å². The number of halogens is 3. The molecule has 1 fully saturated rings. The number of aryl methyl sites for hydroxylation is 1. The molecule has 0 atom stereocenters. The summed E-state index contributed by atoms with van der Waals surface area (Å²) in [6, 6.07) is 10.2. The number of hydrogen-bond donors (Lipinski definition) is 1. The second kappa shape index (κ2) is 6.85. The second-order valence-electron chi connectivity index (χ2n) is 6.96. The van der Waals surface area contributed by atoms with Gasteiger partial charge in [-0.2, -0.15) is 13.2 Å². The van der Waals surface area contributed by atoms with Crippen molar-refractivity contribution in [1.82, 2.24) is 14.9 Å². The SMILES string of the molecule is Cc1ccc2cc(C(=O)N3CCN(c4ccc(C(F)(F)F)cn4)CC3)[nH]c2c1. The average Bonchev–Trinajstić information content (AvgIpc) is 3.10. The van der Waals surface area contributed by atoms with Crippen LogP contribution in [0.1, 0.15) is 21.6 Å². The van der Waals surface area contributed by atoms with Gasteiger partial charge in [0.1, 0.15) is 11.5 Å². The lowest BCUT2D eigenvalue weighted by Crippen LogP contribution is -2.49. The number of anilines is 1. The maximum Gasteiger partial charge on any atom is 0.417 e. The van der Waals surface area contributed by atoms with Gasteiger partial charge in [0, 0.05) is 43.3 Å². The van der Waals surface area contributed by atoms with E-state index in [1.807, 2.05) is 36.1 Å². The van der Waals surface area contributed by atoms with Gasteiger partial charge in [-0.3, -0.25) is 4.79 Å². The summed E-state index contributed by atoms with van der Waals surface area (Å²) >= 11 is 0. The lowest BCUT2D eigenvalue weighted by Gasteiger charge is -2.35. The highest BCUT2D eigenvalue weighted by Crippen LogP contribution is 2.29. The Kier molecular flexibility index (Phi) is 4.49. The van der Waals surface area contributed by atoms with E-state index in [0.717, 1.165) is 28.7 Å². The first-order valence-electron chi connectivity index (χ1n) is 8.98. The van der Waals surface area contributed by atoms with E-state index in [1.165, 1.54) is 6.07 Å². The summed E-state index contributed by atoms with van der Waals surface area (Å²) in [5, 5.41) is 0.988. The molecule has 146 valence electrons. The fourth-order valence-corrected chi connectivity index (χ4v) is 3.41. The number of pyridine rings is 1. The van der Waals surface area contributed by atoms with Gasteiger partial charge in [-0.05, 0) is 36.8 Å². The molecule has 5 nitrogen and oxygen atoms in total. The lowest BCUT2D eigenvalue weighted by molar-refractivity contribution is -0.137. The van der Waals surface area contributed by atoms with Crippen LogP contribution in [0.2, 0.25) is 0 Å². The van der Waals surface area contributed by atoms with E-state index in [2.05, 4.69) is 9.97 Å². The minimum Gasteiger partial charge on any atom is -0.353 e. The van der Waals surface area contributed by atoms with E-state index in [0.29, 0.717) is 37.7 Å². The first-order valence-corrected chi connectivity index (χ1v) is 8.98. The number of alkyl halides is 3. The zero-order chi connectivity index (χ0) is 19.9. The van der Waals surface area contributed by atoms with Crippen LogP contribution in [0.3, 0.4) is 0 Å². The molecule has 1 N–H and O–H groups in total. The highest BCUT2D eigenvalue weighted by molar-refractivity contribution is 5.98. The Hall–Kier alpha value is -3.03. The molecule has 4 rings (SSSR count). The number of benzene rings is 1. The number of H-pyrrole nitrogens is 1. The number of hydrogen-bond acceptors (Lipinski definition) is 3. The zero-order valence-corrected chi connectivity index (χ0v) is 15.3. The minimum atomic E-state index is -4.39. The largest absolute Gasteiger partial charge is 0.417 e. The summed E-state index contributed by atoms with van der Waals surface area (Å²) in [6.07, 6.45) is -3.55. The Morgan fingerprint density at radius 3 is 2.46 bits per heavy atom. The molecule has 1 aliphatic rings. The second-order valence-corrected chi connectivity index (χ2v) is 6.96. The van der Waals surface area contributed by atoms with Crippen LogP contribution in [0.5, 0.6) is 0 Å². The number of nitrogens with one attached hydrogen (secondary N) is 1. The molecule has 28 heavy (non-hydrogen) atoms. The molecule has 3 aromatic rings. The quantitative estimate of drug-likeness (QED) is 0.726. The van der Waals surface area contributed by atoms with Crippen molar-refractivity contribution < 1.29 is 18.0 Å². The summed E-state index contributed by atoms with van der Waals surface area (Å²) in [5.41, 5.74) is 1.82. The molecule has 1 amide bonds. The van der Waals surface area contributed by atoms with E-state index in [1.54, 1.807) is 4.90 Å². The van der Waals surface area contributed by atoms with E-state index in [-0.39, 0.29) is 5.91 Å². The number of nitrogens with zero attached hydrogens (tertiary/aromatic N) is 3. The Bertz CT molecular complexity index is 1000. The average molecular weight is 388 g/mol. The minimum absolute atomic E-state index is 0.0751. The summed E-state index contributed by atoms with van der Waals surface area (Å²) in [7, 11) is 0. The van der Waals surface area contributed by atoms with Crippen molar-refractivity contribution in [2.75, 3.05) is 31.1 Å². The molecule has 0 aliphatic carbocycles. The maximum atomic E-state index is 12.8. The van der Waals surface area contributed by atoms with Crippen molar-refractivity contribution in [2.45, 2.75) is 13.1 Å². The van der Waals surface area contributed by atoms with Gasteiger partial charge in [0.05, 0.1) is 5.56 Å². The predicted molar refractivity (Wildman–Crippen MR) is 100 cm³/mol. The van der Waals surface area contributed by atoms with Gasteiger partial charge in [-0.25, -0.2) is 4.98 Å². The maximum absolute atomic E-state index is 12.8. The van der Waals surface area contributed by atoms with Gasteiger partial charge in [0.15, 0.2) is 0 Å². The number of aromatic nitrogens is 2. The molecule has 0 unspecified atom stereocenters. The molecule has 0 saturated carbocycles. The number of piperazine rings is 1. The Labute approximate surface area is 159 Å². The highest BCUT2D eigenvalue weighted by atomic mass is 19.4. The number of amides is 1. The van der Waals surface area contributed by atoms with Crippen molar-refractivity contribution in [2.24, 2.45) is 0 Å². The predicted octanol–water partition coefficient (Wildman–Crippen LogP) is 3.85. The van der Waals surface area contributed by atoms with Crippen molar-refractivity contribution in [1.29, 1.82) is 0 Å². The standard InChI is InChI=1S/C20H19F3N4O/c1-13-2-3-14-11-17(25-16(14)10-13)19(28)27-8-6-26(7-9-27)18-5-4-15(12-24-18)20(21,22)23/h2-5,10-12,25H,6-9H2,1H3. The van der Waals surface area contributed by atoms with Crippen LogP contribution in [-0.2, 0) is 6.18 Å². The number of fused-ring (bicyclic) bond motifs is 1. The number of rotatable bonds is 2. The van der Waals surface area contributed by atoms with Crippen LogP contribution in [0, 0.1) is 6.92 Å². The molecule has 2 aromatic heterocycles. The molecular weight excluding hydrogens is 369 g/mol. The van der Waals surface area contributed by atoms with E-state index < -0.39 is 11.7 Å². The molecule has 0 bridgehead atoms. The highest BCUT2D eigenvalue weighted by Gasteiger charge is 2.31. The summed E-state index contributed by atoms with van der Waals surface area (Å²) in [6.45, 7) is 4.00. The lowest BCUT2D eigenvalue weighted by atomic mass is 10.2. The van der Waals surface area contributed by atoms with Gasteiger partial charge >= 0.3 is 6.18 Å². The number of carbonyl (C=O) groups excluding carboxylic acids is 1. The van der Waals surface area contributed by atoms with Crippen molar-refractivity contribution in [3.63, 3.8) is 0 Å². The fourth-order valence-electron chi connectivity index (χ4n) is 3.41. The molecular formula is C20H19F3N4O. The van der Waals surface area contributed by atoms with Gasteiger partial charge < -0.3 is 14.8 Å². The van der Waals surface area contributed by atoms with Crippen LogP contribution < -0.4 is 4.90 Å². The van der Waals surface area contributed by atoms with Crippen LogP contribution in [-0.4, -0.2) is 47.0 Å². The summed E-state index contributed by atoms with van der Waals surface area (Å²) in [5.74, 6) is 0.412. The van der Waals surface area contributed by atoms with Crippen molar-refractivity contribution >= 4 is 22.6 Å². The Morgan fingerprint density at radius 1 is 1.07 bits per heavy atom. The molecule has 1 aromatic carbocycles. The number of aromatic amines is 1. The molecule has 8 heteroatoms. The smallest absolute Gasteiger partial charge is 0.353 e. The van der Waals surface area contributed by atoms with Crippen molar-refractivity contribution in [3.8, 4) is 0 Å². The first kappa shape index (κ1) is 18.3. The van der Waals surface area contributed by atoms with Gasteiger partial charge in [0.2, 0.25) is 0 Å². The summed E-state index contributed by atoms with van der Waals surface area (Å²) in [4.78, 5) is 23.5. The third kappa shape index (κ3) is 3.54. The van der Waals surface area contributed by atoms with E-state index in [9.17, 15) is 18.0 Å². The zero-order valence-electron chi connectivity index (χ0n) is 15.3.